The number of rotatable bonds is 4. The van der Waals surface area contributed by atoms with Crippen molar-refractivity contribution < 1.29 is 14.3 Å². The van der Waals surface area contributed by atoms with Crippen LogP contribution in [0.25, 0.3) is 0 Å². The standard InChI is InChI=1S/C17H29N3O3/c1-13-4-7-19(8-5-13)16(21)11-15-17(22)20(9-6-18-15)12-14-3-2-10-23-14/h13-15,18H,2-12H2,1H3. The Hall–Kier alpha value is -1.14. The maximum atomic E-state index is 12.6. The van der Waals surface area contributed by atoms with Crippen LogP contribution < -0.4 is 5.32 Å². The smallest absolute Gasteiger partial charge is 0.240 e. The van der Waals surface area contributed by atoms with Gasteiger partial charge in [-0.15, -0.1) is 0 Å². The van der Waals surface area contributed by atoms with E-state index >= 15 is 0 Å². The normalized spacial score (nSPS) is 30.0. The summed E-state index contributed by atoms with van der Waals surface area (Å²) in [5.74, 6) is 0.877. The van der Waals surface area contributed by atoms with Crippen LogP contribution in [-0.2, 0) is 14.3 Å². The number of ether oxygens (including phenoxy) is 1. The van der Waals surface area contributed by atoms with Crippen molar-refractivity contribution in [2.75, 3.05) is 39.3 Å². The number of nitrogens with zero attached hydrogens (tertiary/aromatic N) is 2. The van der Waals surface area contributed by atoms with E-state index < -0.39 is 0 Å². The van der Waals surface area contributed by atoms with Gasteiger partial charge in [0.05, 0.1) is 18.6 Å². The van der Waals surface area contributed by atoms with Crippen molar-refractivity contribution in [1.82, 2.24) is 15.1 Å². The third-order valence-electron chi connectivity index (χ3n) is 5.35. The zero-order valence-corrected chi connectivity index (χ0v) is 14.1. The highest BCUT2D eigenvalue weighted by atomic mass is 16.5. The number of hydrogen-bond acceptors (Lipinski definition) is 4. The Balaban J connectivity index is 1.50. The molecule has 0 aliphatic carbocycles. The lowest BCUT2D eigenvalue weighted by atomic mass is 9.98. The molecule has 3 aliphatic rings. The molecule has 0 bridgehead atoms. The molecule has 3 aliphatic heterocycles. The SMILES string of the molecule is CC1CCN(C(=O)CC2NCCN(CC3CCCO3)C2=O)CC1. The van der Waals surface area contributed by atoms with Gasteiger partial charge >= 0.3 is 0 Å². The van der Waals surface area contributed by atoms with Crippen molar-refractivity contribution in [2.24, 2.45) is 5.92 Å². The average Bonchev–Trinajstić information content (AvgIpc) is 3.05. The zero-order chi connectivity index (χ0) is 16.2. The van der Waals surface area contributed by atoms with Gasteiger partial charge in [0.15, 0.2) is 0 Å². The van der Waals surface area contributed by atoms with Crippen LogP contribution in [0.2, 0.25) is 0 Å². The van der Waals surface area contributed by atoms with E-state index in [2.05, 4.69) is 12.2 Å². The molecule has 0 radical (unpaired) electrons. The minimum atomic E-state index is -0.364. The molecule has 0 saturated carbocycles. The Morgan fingerprint density at radius 2 is 2.04 bits per heavy atom. The van der Waals surface area contributed by atoms with Crippen molar-refractivity contribution in [2.45, 2.75) is 51.2 Å². The van der Waals surface area contributed by atoms with Crippen LogP contribution in [0.3, 0.4) is 0 Å². The van der Waals surface area contributed by atoms with Gasteiger partial charge in [-0.2, -0.15) is 0 Å². The first-order valence-electron chi connectivity index (χ1n) is 9.05. The number of carbonyl (C=O) groups is 2. The van der Waals surface area contributed by atoms with Crippen molar-refractivity contribution in [3.05, 3.63) is 0 Å². The highest BCUT2D eigenvalue weighted by Gasteiger charge is 2.33. The molecular weight excluding hydrogens is 294 g/mol. The first-order chi connectivity index (χ1) is 11.1. The van der Waals surface area contributed by atoms with Crippen LogP contribution in [0.5, 0.6) is 0 Å². The van der Waals surface area contributed by atoms with Gasteiger partial charge in [-0.25, -0.2) is 0 Å². The Morgan fingerprint density at radius 1 is 1.26 bits per heavy atom. The van der Waals surface area contributed by atoms with Crippen LogP contribution in [0.1, 0.15) is 39.0 Å². The predicted molar refractivity (Wildman–Crippen MR) is 86.9 cm³/mol. The number of hydrogen-bond donors (Lipinski definition) is 1. The lowest BCUT2D eigenvalue weighted by Crippen LogP contribution is -2.57. The lowest BCUT2D eigenvalue weighted by Gasteiger charge is -2.36. The maximum absolute atomic E-state index is 12.6. The number of nitrogens with one attached hydrogen (secondary N) is 1. The molecule has 0 aromatic carbocycles. The molecule has 2 unspecified atom stereocenters. The molecule has 3 rings (SSSR count). The number of piperazine rings is 1. The van der Waals surface area contributed by atoms with Gasteiger partial charge < -0.3 is 19.9 Å². The van der Waals surface area contributed by atoms with Crippen LogP contribution in [0.15, 0.2) is 0 Å². The van der Waals surface area contributed by atoms with Gasteiger partial charge in [-0.1, -0.05) is 6.92 Å². The second kappa shape index (κ2) is 7.62. The largest absolute Gasteiger partial charge is 0.376 e. The van der Waals surface area contributed by atoms with Gasteiger partial charge in [0.1, 0.15) is 0 Å². The Bertz CT molecular complexity index is 429. The Labute approximate surface area is 138 Å². The predicted octanol–water partition coefficient (Wildman–Crippen LogP) is 0.614. The quantitative estimate of drug-likeness (QED) is 0.824. The molecule has 2 atom stereocenters. The van der Waals surface area contributed by atoms with E-state index in [9.17, 15) is 9.59 Å². The fourth-order valence-corrected chi connectivity index (χ4v) is 3.73. The summed E-state index contributed by atoms with van der Waals surface area (Å²) in [5, 5.41) is 3.22. The highest BCUT2D eigenvalue weighted by Crippen LogP contribution is 2.19. The minimum absolute atomic E-state index is 0.0606. The molecule has 3 heterocycles. The second-order valence-corrected chi connectivity index (χ2v) is 7.19. The summed E-state index contributed by atoms with van der Waals surface area (Å²) in [6.07, 6.45) is 4.73. The molecule has 0 aromatic rings. The first-order valence-corrected chi connectivity index (χ1v) is 9.05. The summed E-state index contributed by atoms with van der Waals surface area (Å²) in [6.45, 7) is 6.85. The third kappa shape index (κ3) is 4.23. The summed E-state index contributed by atoms with van der Waals surface area (Å²) < 4.78 is 5.64. The molecule has 2 amide bonds. The van der Waals surface area contributed by atoms with E-state index in [0.717, 1.165) is 51.9 Å². The van der Waals surface area contributed by atoms with Crippen molar-refractivity contribution in [3.8, 4) is 0 Å². The molecule has 0 aromatic heterocycles. The second-order valence-electron chi connectivity index (χ2n) is 7.19. The number of amides is 2. The van der Waals surface area contributed by atoms with Gasteiger partial charge in [-0.05, 0) is 31.6 Å². The van der Waals surface area contributed by atoms with Gasteiger partial charge in [0, 0.05) is 39.3 Å². The first kappa shape index (κ1) is 16.7. The van der Waals surface area contributed by atoms with Gasteiger partial charge in [0.25, 0.3) is 0 Å². The summed E-state index contributed by atoms with van der Waals surface area (Å²) in [4.78, 5) is 28.9. The van der Waals surface area contributed by atoms with Crippen LogP contribution in [0, 0.1) is 5.92 Å². The van der Waals surface area contributed by atoms with E-state index in [1.807, 2.05) is 9.80 Å². The van der Waals surface area contributed by atoms with Crippen LogP contribution >= 0.6 is 0 Å². The van der Waals surface area contributed by atoms with E-state index in [0.29, 0.717) is 19.0 Å². The summed E-state index contributed by atoms with van der Waals surface area (Å²) >= 11 is 0. The molecular formula is C17H29N3O3. The molecule has 23 heavy (non-hydrogen) atoms. The summed E-state index contributed by atoms with van der Waals surface area (Å²) in [6, 6.07) is -0.364. The number of piperidine rings is 1. The monoisotopic (exact) mass is 323 g/mol. The highest BCUT2D eigenvalue weighted by molar-refractivity contribution is 5.89. The van der Waals surface area contributed by atoms with E-state index in [1.54, 1.807) is 0 Å². The Morgan fingerprint density at radius 3 is 2.74 bits per heavy atom. The molecule has 6 nitrogen and oxygen atoms in total. The van der Waals surface area contributed by atoms with Crippen LogP contribution in [0.4, 0.5) is 0 Å². The zero-order valence-electron chi connectivity index (χ0n) is 14.1. The van der Waals surface area contributed by atoms with Gasteiger partial charge in [0.2, 0.25) is 11.8 Å². The third-order valence-corrected chi connectivity index (χ3v) is 5.35. The molecule has 0 spiro atoms. The lowest BCUT2D eigenvalue weighted by molar-refractivity contribution is -0.142. The Kier molecular flexibility index (Phi) is 5.54. The average molecular weight is 323 g/mol. The van der Waals surface area contributed by atoms with Crippen molar-refractivity contribution >= 4 is 11.8 Å². The molecule has 3 saturated heterocycles. The number of likely N-dealkylation sites (tertiary alicyclic amines) is 1. The topological polar surface area (TPSA) is 61.9 Å². The summed E-state index contributed by atoms with van der Waals surface area (Å²) in [5.41, 5.74) is 0. The maximum Gasteiger partial charge on any atom is 0.240 e. The molecule has 1 N–H and O–H groups in total. The van der Waals surface area contributed by atoms with Crippen molar-refractivity contribution in [3.63, 3.8) is 0 Å². The molecule has 6 heteroatoms. The molecule has 3 fully saturated rings. The minimum Gasteiger partial charge on any atom is -0.376 e. The van der Waals surface area contributed by atoms with Crippen molar-refractivity contribution in [1.29, 1.82) is 0 Å². The number of carbonyl (C=O) groups excluding carboxylic acids is 2. The van der Waals surface area contributed by atoms with E-state index in [1.165, 1.54) is 0 Å². The fourth-order valence-electron chi connectivity index (χ4n) is 3.73. The summed E-state index contributed by atoms with van der Waals surface area (Å²) in [7, 11) is 0. The van der Waals surface area contributed by atoms with E-state index in [4.69, 9.17) is 4.74 Å². The fraction of sp³-hybridized carbons (Fsp3) is 0.882. The van der Waals surface area contributed by atoms with Crippen LogP contribution in [-0.4, -0.2) is 73.1 Å². The van der Waals surface area contributed by atoms with Gasteiger partial charge in [-0.3, -0.25) is 9.59 Å². The van der Waals surface area contributed by atoms with E-state index in [-0.39, 0.29) is 30.4 Å². The molecule has 130 valence electrons.